The van der Waals surface area contributed by atoms with E-state index in [1.807, 2.05) is 12.1 Å². The highest BCUT2D eigenvalue weighted by Crippen LogP contribution is 2.47. The van der Waals surface area contributed by atoms with Crippen LogP contribution in [0.4, 0.5) is 0 Å². The molecule has 1 aromatic carbocycles. The van der Waals surface area contributed by atoms with Crippen molar-refractivity contribution >= 4 is 29.7 Å². The molecule has 2 heterocycles. The molecule has 2 aromatic rings. The van der Waals surface area contributed by atoms with Crippen molar-refractivity contribution in [1.82, 2.24) is 4.98 Å². The minimum absolute atomic E-state index is 0.103. The molecule has 0 saturated carbocycles. The zero-order valence-corrected chi connectivity index (χ0v) is 19.5. The number of pyridine rings is 1. The molecule has 1 fully saturated rings. The van der Waals surface area contributed by atoms with Gasteiger partial charge in [0.05, 0.1) is 7.11 Å². The van der Waals surface area contributed by atoms with Crippen molar-refractivity contribution in [2.24, 2.45) is 0 Å². The number of aliphatic hydroxyl groups is 1. The van der Waals surface area contributed by atoms with Gasteiger partial charge in [-0.05, 0) is 29.3 Å². The summed E-state index contributed by atoms with van der Waals surface area (Å²) in [6.07, 6.45) is -1.86. The molecule has 1 N–H and O–H groups in total. The first-order valence-electron chi connectivity index (χ1n) is 10.1. The average Bonchev–Trinajstić information content (AvgIpc) is 2.77. The summed E-state index contributed by atoms with van der Waals surface area (Å²) in [4.78, 5) is 37.8. The van der Waals surface area contributed by atoms with Gasteiger partial charge >= 0.3 is 17.9 Å². The number of hydrogen-bond acceptors (Lipinski definition) is 10. The Morgan fingerprint density at radius 3 is 2.36 bits per heavy atom. The van der Waals surface area contributed by atoms with E-state index in [0.29, 0.717) is 22.6 Å². The highest BCUT2D eigenvalue weighted by molar-refractivity contribution is 8.00. The van der Waals surface area contributed by atoms with Crippen molar-refractivity contribution in [2.75, 3.05) is 12.9 Å². The van der Waals surface area contributed by atoms with Gasteiger partial charge in [-0.3, -0.25) is 14.4 Å². The molecule has 1 aliphatic rings. The number of thioether (sulfide) groups is 1. The third-order valence-corrected chi connectivity index (χ3v) is 6.39. The van der Waals surface area contributed by atoms with Crippen molar-refractivity contribution in [3.05, 3.63) is 48.2 Å². The molecule has 0 unspecified atom stereocenters. The maximum atomic E-state index is 11.9. The molecule has 0 aliphatic carbocycles. The molecular weight excluding hydrogens is 450 g/mol. The van der Waals surface area contributed by atoms with E-state index in [4.69, 9.17) is 18.9 Å². The van der Waals surface area contributed by atoms with Crippen LogP contribution < -0.4 is 4.74 Å². The van der Waals surface area contributed by atoms with E-state index >= 15 is 0 Å². The first-order valence-corrected chi connectivity index (χ1v) is 11.1. The van der Waals surface area contributed by atoms with Crippen LogP contribution in [0.2, 0.25) is 0 Å². The van der Waals surface area contributed by atoms with Crippen LogP contribution >= 0.6 is 11.8 Å². The highest BCUT2D eigenvalue weighted by atomic mass is 32.2. The van der Waals surface area contributed by atoms with Gasteiger partial charge in [0.1, 0.15) is 0 Å². The van der Waals surface area contributed by atoms with E-state index in [0.717, 1.165) is 11.8 Å². The van der Waals surface area contributed by atoms with E-state index in [9.17, 15) is 19.5 Å². The zero-order chi connectivity index (χ0) is 24.2. The minimum Gasteiger partial charge on any atom is -0.481 e. The Morgan fingerprint density at radius 2 is 1.73 bits per heavy atom. The maximum absolute atomic E-state index is 11.9. The zero-order valence-electron chi connectivity index (χ0n) is 18.6. The Labute approximate surface area is 195 Å². The van der Waals surface area contributed by atoms with Gasteiger partial charge in [0.25, 0.3) is 0 Å². The molecule has 33 heavy (non-hydrogen) atoms. The minimum atomic E-state index is -1.80. The second-order valence-electron chi connectivity index (χ2n) is 7.40. The van der Waals surface area contributed by atoms with Crippen molar-refractivity contribution < 1.29 is 38.4 Å². The quantitative estimate of drug-likeness (QED) is 0.492. The van der Waals surface area contributed by atoms with Crippen molar-refractivity contribution in [2.45, 2.75) is 44.0 Å². The second kappa shape index (κ2) is 10.2. The molecule has 10 heteroatoms. The van der Waals surface area contributed by atoms with Gasteiger partial charge < -0.3 is 24.1 Å². The van der Waals surface area contributed by atoms with E-state index in [2.05, 4.69) is 4.98 Å². The number of hydrogen-bond donors (Lipinski definition) is 1. The maximum Gasteiger partial charge on any atom is 0.303 e. The summed E-state index contributed by atoms with van der Waals surface area (Å²) in [5.41, 5.74) is 1.81. The standard InChI is InChI=1S/C23H25NO8S/c1-13(25)30-19-12-33-23(28,21(32-15(3)27)20(19)31-14(2)26)17-8-5-7-16(11-17)18-9-6-10-24-22(18)29-4/h5-11,19-21,28H,12H2,1-4H3/t19-,20+,21-,23-/m1/s1. The molecular formula is C23H25NO8S. The summed E-state index contributed by atoms with van der Waals surface area (Å²) in [7, 11) is 1.51. The number of ether oxygens (including phenoxy) is 4. The predicted octanol–water partition coefficient (Wildman–Crippen LogP) is 2.44. The Morgan fingerprint density at radius 1 is 1.03 bits per heavy atom. The average molecular weight is 476 g/mol. The van der Waals surface area contributed by atoms with E-state index in [1.54, 1.807) is 30.5 Å². The highest BCUT2D eigenvalue weighted by Gasteiger charge is 2.55. The Balaban J connectivity index is 2.08. The summed E-state index contributed by atoms with van der Waals surface area (Å²) in [5.74, 6) is -1.44. The second-order valence-corrected chi connectivity index (χ2v) is 8.64. The fourth-order valence-corrected chi connectivity index (χ4v) is 5.02. The molecule has 4 atom stereocenters. The largest absolute Gasteiger partial charge is 0.481 e. The van der Waals surface area contributed by atoms with Gasteiger partial charge in [-0.15, -0.1) is 11.8 Å². The van der Waals surface area contributed by atoms with Gasteiger partial charge in [-0.1, -0.05) is 18.2 Å². The van der Waals surface area contributed by atoms with E-state index in [-0.39, 0.29) is 5.75 Å². The fraction of sp³-hybridized carbons (Fsp3) is 0.391. The molecule has 0 radical (unpaired) electrons. The monoisotopic (exact) mass is 475 g/mol. The fourth-order valence-electron chi connectivity index (χ4n) is 3.70. The number of carbonyl (C=O) groups excluding carboxylic acids is 3. The summed E-state index contributed by atoms with van der Waals surface area (Å²) < 4.78 is 21.5. The lowest BCUT2D eigenvalue weighted by molar-refractivity contribution is -0.197. The van der Waals surface area contributed by atoms with Crippen LogP contribution in [0.3, 0.4) is 0 Å². The van der Waals surface area contributed by atoms with Crippen LogP contribution in [-0.4, -0.2) is 59.2 Å². The number of esters is 3. The Hall–Kier alpha value is -3.11. The Kier molecular flexibility index (Phi) is 7.60. The number of nitrogens with zero attached hydrogens (tertiary/aromatic N) is 1. The van der Waals surface area contributed by atoms with Gasteiger partial charge in [0, 0.05) is 38.3 Å². The molecule has 176 valence electrons. The molecule has 9 nitrogen and oxygen atoms in total. The first-order chi connectivity index (χ1) is 15.7. The molecule has 1 aliphatic heterocycles. The van der Waals surface area contributed by atoms with Gasteiger partial charge in [0.15, 0.2) is 23.2 Å². The number of rotatable bonds is 6. The lowest BCUT2D eigenvalue weighted by Gasteiger charge is -2.45. The van der Waals surface area contributed by atoms with Gasteiger partial charge in [0.2, 0.25) is 5.88 Å². The van der Waals surface area contributed by atoms with Gasteiger partial charge in [-0.25, -0.2) is 4.98 Å². The van der Waals surface area contributed by atoms with Gasteiger partial charge in [-0.2, -0.15) is 0 Å². The van der Waals surface area contributed by atoms with Crippen molar-refractivity contribution in [3.63, 3.8) is 0 Å². The first kappa shape index (κ1) is 24.5. The van der Waals surface area contributed by atoms with Crippen molar-refractivity contribution in [1.29, 1.82) is 0 Å². The molecule has 0 spiro atoms. The van der Waals surface area contributed by atoms with Crippen LogP contribution in [0.5, 0.6) is 5.88 Å². The number of methoxy groups -OCH3 is 1. The van der Waals surface area contributed by atoms with Crippen LogP contribution in [0, 0.1) is 0 Å². The SMILES string of the molecule is COc1ncccc1-c1cccc([C@@]2(O)SC[C@@H](OC(C)=O)[C@H](OC(C)=O)[C@H]2OC(C)=O)c1. The normalized spacial score (nSPS) is 24.5. The summed E-state index contributed by atoms with van der Waals surface area (Å²) in [5, 5.41) is 11.8. The smallest absolute Gasteiger partial charge is 0.303 e. The molecule has 0 amide bonds. The number of carbonyl (C=O) groups is 3. The van der Waals surface area contributed by atoms with E-state index < -0.39 is 41.2 Å². The molecule has 3 rings (SSSR count). The van der Waals surface area contributed by atoms with Crippen LogP contribution in [0.1, 0.15) is 26.3 Å². The summed E-state index contributed by atoms with van der Waals surface area (Å²) in [6.45, 7) is 3.59. The van der Waals surface area contributed by atoms with Crippen molar-refractivity contribution in [3.8, 4) is 17.0 Å². The molecule has 0 bridgehead atoms. The summed E-state index contributed by atoms with van der Waals surface area (Å²) >= 11 is 1.03. The number of aromatic nitrogens is 1. The summed E-state index contributed by atoms with van der Waals surface area (Å²) in [6, 6.07) is 10.5. The van der Waals surface area contributed by atoms with Crippen LogP contribution in [-0.2, 0) is 33.5 Å². The lowest BCUT2D eigenvalue weighted by atomic mass is 9.93. The lowest BCUT2D eigenvalue weighted by Crippen LogP contribution is -2.58. The predicted molar refractivity (Wildman–Crippen MR) is 119 cm³/mol. The van der Waals surface area contributed by atoms with Crippen LogP contribution in [0.25, 0.3) is 11.1 Å². The third-order valence-electron chi connectivity index (χ3n) is 4.98. The topological polar surface area (TPSA) is 121 Å². The molecule has 1 saturated heterocycles. The molecule has 1 aromatic heterocycles. The number of benzene rings is 1. The van der Waals surface area contributed by atoms with E-state index in [1.165, 1.54) is 27.9 Å². The third kappa shape index (κ3) is 5.45. The Bertz CT molecular complexity index is 1040. The van der Waals surface area contributed by atoms with Crippen LogP contribution in [0.15, 0.2) is 42.6 Å².